The highest BCUT2D eigenvalue weighted by Gasteiger charge is 2.07. The van der Waals surface area contributed by atoms with Gasteiger partial charge in [-0.2, -0.15) is 0 Å². The monoisotopic (exact) mass is 217 g/mol. The van der Waals surface area contributed by atoms with E-state index in [4.69, 9.17) is 11.6 Å². The second-order valence-corrected chi connectivity index (χ2v) is 3.26. The van der Waals surface area contributed by atoms with Crippen molar-refractivity contribution >= 4 is 17.5 Å². The third-order valence-corrected chi connectivity index (χ3v) is 1.91. The molecular weight excluding hydrogens is 205 g/mol. The molecule has 0 amide bonds. The number of halogens is 2. The molecule has 0 aliphatic heterocycles. The average molecular weight is 218 g/mol. The molecule has 3 nitrogen and oxygen atoms in total. The summed E-state index contributed by atoms with van der Waals surface area (Å²) in [5.74, 6) is 0.630. The molecule has 1 aromatic rings. The first-order chi connectivity index (χ1) is 6.77. The van der Waals surface area contributed by atoms with Gasteiger partial charge >= 0.3 is 0 Å². The topological polar surface area (TPSA) is 29.0 Å². The van der Waals surface area contributed by atoms with Gasteiger partial charge in [-0.1, -0.05) is 6.92 Å². The van der Waals surface area contributed by atoms with Crippen molar-refractivity contribution in [3.8, 4) is 0 Å². The summed E-state index contributed by atoms with van der Waals surface area (Å²) in [6, 6.07) is 0. The van der Waals surface area contributed by atoms with E-state index in [-0.39, 0.29) is 0 Å². The van der Waals surface area contributed by atoms with Crippen molar-refractivity contribution in [2.24, 2.45) is 0 Å². The fourth-order valence-electron chi connectivity index (χ4n) is 1.15. The summed E-state index contributed by atoms with van der Waals surface area (Å²) in [6.45, 7) is 3.57. The number of rotatable bonds is 5. The molecule has 0 spiro atoms. The molecule has 1 aromatic heterocycles. The summed E-state index contributed by atoms with van der Waals surface area (Å²) in [5.41, 5.74) is 0. The van der Waals surface area contributed by atoms with Gasteiger partial charge in [0.2, 0.25) is 5.95 Å². The smallest absolute Gasteiger partial charge is 0.225 e. The Morgan fingerprint density at radius 1 is 1.36 bits per heavy atom. The molecule has 14 heavy (non-hydrogen) atoms. The van der Waals surface area contributed by atoms with Gasteiger partial charge < -0.3 is 4.90 Å². The van der Waals surface area contributed by atoms with E-state index in [1.807, 2.05) is 4.90 Å². The Morgan fingerprint density at radius 3 is 2.50 bits per heavy atom. The number of hydrogen-bond acceptors (Lipinski definition) is 3. The summed E-state index contributed by atoms with van der Waals surface area (Å²) >= 11 is 5.64. The predicted molar refractivity (Wildman–Crippen MR) is 55.2 cm³/mol. The minimum atomic E-state index is -0.420. The standard InChI is InChI=1S/C9H13ClFN3/c1-2-4-14(5-3-10)9-12-6-8(11)7-13-9/h6-7H,2-5H2,1H3. The number of nitrogens with zero attached hydrogens (tertiary/aromatic N) is 3. The lowest BCUT2D eigenvalue weighted by molar-refractivity contribution is 0.610. The Balaban J connectivity index is 2.71. The quantitative estimate of drug-likeness (QED) is 0.708. The van der Waals surface area contributed by atoms with Crippen LogP contribution in [0.2, 0.25) is 0 Å². The number of alkyl halides is 1. The van der Waals surface area contributed by atoms with Gasteiger partial charge in [0.15, 0.2) is 5.82 Å². The SMILES string of the molecule is CCCN(CCCl)c1ncc(F)cn1. The van der Waals surface area contributed by atoms with Crippen LogP contribution in [-0.2, 0) is 0 Å². The highest BCUT2D eigenvalue weighted by atomic mass is 35.5. The maximum atomic E-state index is 12.6. The highest BCUT2D eigenvalue weighted by molar-refractivity contribution is 6.18. The van der Waals surface area contributed by atoms with Crippen molar-refractivity contribution in [3.05, 3.63) is 18.2 Å². The zero-order valence-electron chi connectivity index (χ0n) is 8.08. The molecule has 0 aromatic carbocycles. The van der Waals surface area contributed by atoms with E-state index in [0.717, 1.165) is 13.0 Å². The Bertz CT molecular complexity index is 259. The lowest BCUT2D eigenvalue weighted by atomic mass is 10.4. The average Bonchev–Trinajstić information content (AvgIpc) is 2.19. The molecule has 0 atom stereocenters. The van der Waals surface area contributed by atoms with Gasteiger partial charge in [-0.05, 0) is 6.42 Å². The van der Waals surface area contributed by atoms with Crippen molar-refractivity contribution in [1.82, 2.24) is 9.97 Å². The third-order valence-electron chi connectivity index (χ3n) is 1.74. The summed E-state index contributed by atoms with van der Waals surface area (Å²) < 4.78 is 12.6. The molecule has 0 aliphatic carbocycles. The van der Waals surface area contributed by atoms with Gasteiger partial charge in [0.1, 0.15) is 0 Å². The van der Waals surface area contributed by atoms with E-state index >= 15 is 0 Å². The van der Waals surface area contributed by atoms with Crippen molar-refractivity contribution in [3.63, 3.8) is 0 Å². The Kier molecular flexibility index (Phi) is 4.59. The molecule has 1 heterocycles. The first kappa shape index (κ1) is 11.2. The van der Waals surface area contributed by atoms with E-state index in [9.17, 15) is 4.39 Å². The first-order valence-corrected chi connectivity index (χ1v) is 5.09. The molecule has 1 rings (SSSR count). The number of anilines is 1. The fraction of sp³-hybridized carbons (Fsp3) is 0.556. The van der Waals surface area contributed by atoms with Gasteiger partial charge in [0, 0.05) is 19.0 Å². The fourth-order valence-corrected chi connectivity index (χ4v) is 1.36. The van der Waals surface area contributed by atoms with Crippen LogP contribution in [0.1, 0.15) is 13.3 Å². The molecule has 0 N–H and O–H groups in total. The van der Waals surface area contributed by atoms with E-state index in [1.165, 1.54) is 12.4 Å². The lowest BCUT2D eigenvalue weighted by Crippen LogP contribution is -2.28. The molecule has 0 fully saturated rings. The van der Waals surface area contributed by atoms with Crippen LogP contribution in [-0.4, -0.2) is 28.9 Å². The zero-order chi connectivity index (χ0) is 10.4. The molecule has 0 unspecified atom stereocenters. The molecule has 0 saturated carbocycles. The van der Waals surface area contributed by atoms with Gasteiger partial charge in [-0.15, -0.1) is 11.6 Å². The van der Waals surface area contributed by atoms with Gasteiger partial charge in [-0.25, -0.2) is 14.4 Å². The van der Waals surface area contributed by atoms with Crippen LogP contribution in [0.3, 0.4) is 0 Å². The number of aromatic nitrogens is 2. The minimum Gasteiger partial charge on any atom is -0.340 e. The molecular formula is C9H13ClFN3. The van der Waals surface area contributed by atoms with Crippen molar-refractivity contribution in [2.45, 2.75) is 13.3 Å². The van der Waals surface area contributed by atoms with Crippen LogP contribution in [0.5, 0.6) is 0 Å². The van der Waals surface area contributed by atoms with Gasteiger partial charge in [0.05, 0.1) is 12.4 Å². The van der Waals surface area contributed by atoms with Crippen LogP contribution in [0.4, 0.5) is 10.3 Å². The van der Waals surface area contributed by atoms with Crippen molar-refractivity contribution in [2.75, 3.05) is 23.9 Å². The number of hydrogen-bond donors (Lipinski definition) is 0. The van der Waals surface area contributed by atoms with Crippen LogP contribution in [0.15, 0.2) is 12.4 Å². The summed E-state index contributed by atoms with van der Waals surface area (Å²) in [7, 11) is 0. The highest BCUT2D eigenvalue weighted by Crippen LogP contribution is 2.07. The van der Waals surface area contributed by atoms with Gasteiger partial charge in [-0.3, -0.25) is 0 Å². The lowest BCUT2D eigenvalue weighted by Gasteiger charge is -2.20. The third kappa shape index (κ3) is 3.10. The molecule has 0 aliphatic rings. The second-order valence-electron chi connectivity index (χ2n) is 2.88. The van der Waals surface area contributed by atoms with Crippen LogP contribution < -0.4 is 4.90 Å². The normalized spacial score (nSPS) is 10.2. The van der Waals surface area contributed by atoms with Crippen molar-refractivity contribution < 1.29 is 4.39 Å². The van der Waals surface area contributed by atoms with E-state index in [2.05, 4.69) is 16.9 Å². The summed E-state index contributed by atoms with van der Waals surface area (Å²) in [4.78, 5) is 9.73. The van der Waals surface area contributed by atoms with Crippen molar-refractivity contribution in [1.29, 1.82) is 0 Å². The van der Waals surface area contributed by atoms with E-state index in [1.54, 1.807) is 0 Å². The second kappa shape index (κ2) is 5.75. The molecule has 0 bridgehead atoms. The summed E-state index contributed by atoms with van der Waals surface area (Å²) in [6.07, 6.45) is 3.32. The molecule has 0 saturated heterocycles. The van der Waals surface area contributed by atoms with Crippen LogP contribution in [0, 0.1) is 5.82 Å². The Hall–Kier alpha value is -0.900. The largest absolute Gasteiger partial charge is 0.340 e. The first-order valence-electron chi connectivity index (χ1n) is 4.56. The molecule has 0 radical (unpaired) electrons. The van der Waals surface area contributed by atoms with E-state index < -0.39 is 5.82 Å². The molecule has 5 heteroatoms. The Labute approximate surface area is 87.9 Å². The maximum Gasteiger partial charge on any atom is 0.225 e. The minimum absolute atomic E-state index is 0.420. The van der Waals surface area contributed by atoms with Crippen LogP contribution >= 0.6 is 11.6 Å². The Morgan fingerprint density at radius 2 is 2.00 bits per heavy atom. The van der Waals surface area contributed by atoms with E-state index in [0.29, 0.717) is 18.4 Å². The van der Waals surface area contributed by atoms with Crippen LogP contribution in [0.25, 0.3) is 0 Å². The maximum absolute atomic E-state index is 12.6. The molecule has 78 valence electrons. The predicted octanol–water partition coefficient (Wildman–Crippen LogP) is 2.07. The summed E-state index contributed by atoms with van der Waals surface area (Å²) in [5, 5.41) is 0. The zero-order valence-corrected chi connectivity index (χ0v) is 8.84. The van der Waals surface area contributed by atoms with Gasteiger partial charge in [0.25, 0.3) is 0 Å².